The van der Waals surface area contributed by atoms with Crippen molar-refractivity contribution in [2.45, 2.75) is 0 Å². The van der Waals surface area contributed by atoms with Crippen LogP contribution in [0.2, 0.25) is 0 Å². The summed E-state index contributed by atoms with van der Waals surface area (Å²) in [6.45, 7) is 7.73. The van der Waals surface area contributed by atoms with Gasteiger partial charge < -0.3 is 10.0 Å². The number of amides is 1. The molecule has 0 bridgehead atoms. The maximum Gasteiger partial charge on any atom is 0.317 e. The number of carbonyl (C=O) groups is 2. The molecule has 1 N–H and O–H groups in total. The van der Waals surface area contributed by atoms with E-state index in [4.69, 9.17) is 11.5 Å². The number of carboxylic acid groups (broad SMARTS) is 1. The highest BCUT2D eigenvalue weighted by molar-refractivity contribution is 5.79. The van der Waals surface area contributed by atoms with Gasteiger partial charge in [0.1, 0.15) is 0 Å². The Morgan fingerprint density at radius 1 is 1.22 bits per heavy atom. The smallest absolute Gasteiger partial charge is 0.317 e. The second kappa shape index (κ2) is 9.02. The molecule has 0 aliphatic heterocycles. The van der Waals surface area contributed by atoms with E-state index >= 15 is 0 Å². The molecule has 0 aliphatic rings. The number of carbonyl (C=O) groups excluding carboxylic acids is 1. The third-order valence-corrected chi connectivity index (χ3v) is 2.08. The quantitative estimate of drug-likeness (QED) is 0.469. The predicted molar refractivity (Wildman–Crippen MR) is 69.9 cm³/mol. The fraction of sp³-hybridized carbons (Fsp3) is 0.385. The maximum atomic E-state index is 11.9. The fourth-order valence-corrected chi connectivity index (χ4v) is 1.37. The van der Waals surface area contributed by atoms with Gasteiger partial charge in [-0.1, -0.05) is 18.1 Å². The molecule has 0 rings (SSSR count). The van der Waals surface area contributed by atoms with Gasteiger partial charge in [-0.15, -0.1) is 19.6 Å². The number of aliphatic carboxylic acids is 1. The standard InChI is InChI=1S/C13H18N2O3/c1-4-7-14(11-13(17)18)10-12(16)15(8-5-2)9-6-3/h1,5-6H,2-3,7-11H2,(H,17,18). The first-order valence-corrected chi connectivity index (χ1v) is 5.42. The number of hydrogen-bond donors (Lipinski definition) is 1. The highest BCUT2D eigenvalue weighted by Gasteiger charge is 2.16. The van der Waals surface area contributed by atoms with Crippen LogP contribution >= 0.6 is 0 Å². The van der Waals surface area contributed by atoms with Crippen molar-refractivity contribution in [1.29, 1.82) is 0 Å². The monoisotopic (exact) mass is 250 g/mol. The summed E-state index contributed by atoms with van der Waals surface area (Å²) in [5, 5.41) is 8.70. The lowest BCUT2D eigenvalue weighted by Gasteiger charge is -2.23. The molecule has 0 aromatic heterocycles. The Morgan fingerprint density at radius 2 is 1.78 bits per heavy atom. The second-order valence-corrected chi connectivity index (χ2v) is 3.62. The van der Waals surface area contributed by atoms with Gasteiger partial charge in [0.05, 0.1) is 19.6 Å². The van der Waals surface area contributed by atoms with Crippen molar-refractivity contribution in [3.8, 4) is 12.3 Å². The molecule has 18 heavy (non-hydrogen) atoms. The van der Waals surface area contributed by atoms with Gasteiger partial charge in [-0.2, -0.15) is 0 Å². The summed E-state index contributed by atoms with van der Waals surface area (Å²) in [5.41, 5.74) is 0. The molecule has 0 atom stereocenters. The van der Waals surface area contributed by atoms with E-state index in [1.807, 2.05) is 0 Å². The predicted octanol–water partition coefficient (Wildman–Crippen LogP) is 0.207. The SMILES string of the molecule is C#CCN(CC(=O)O)CC(=O)N(CC=C)CC=C. The minimum absolute atomic E-state index is 0.0296. The van der Waals surface area contributed by atoms with E-state index in [-0.39, 0.29) is 25.5 Å². The van der Waals surface area contributed by atoms with Crippen molar-refractivity contribution >= 4 is 11.9 Å². The average Bonchev–Trinajstić information content (AvgIpc) is 2.28. The van der Waals surface area contributed by atoms with Gasteiger partial charge >= 0.3 is 5.97 Å². The van der Waals surface area contributed by atoms with E-state index in [2.05, 4.69) is 19.1 Å². The summed E-state index contributed by atoms with van der Waals surface area (Å²) in [4.78, 5) is 25.4. The molecular weight excluding hydrogens is 232 g/mol. The summed E-state index contributed by atoms with van der Waals surface area (Å²) in [7, 11) is 0. The van der Waals surface area contributed by atoms with Crippen LogP contribution in [0.3, 0.4) is 0 Å². The number of nitrogens with zero attached hydrogens (tertiary/aromatic N) is 2. The van der Waals surface area contributed by atoms with Crippen LogP contribution in [-0.2, 0) is 9.59 Å². The number of hydrogen-bond acceptors (Lipinski definition) is 3. The Labute approximate surface area is 107 Å². The van der Waals surface area contributed by atoms with Crippen LogP contribution in [0.15, 0.2) is 25.3 Å². The third-order valence-electron chi connectivity index (χ3n) is 2.08. The summed E-state index contributed by atoms with van der Waals surface area (Å²) in [6, 6.07) is 0. The maximum absolute atomic E-state index is 11.9. The molecular formula is C13H18N2O3. The van der Waals surface area contributed by atoms with Crippen molar-refractivity contribution in [1.82, 2.24) is 9.80 Å². The van der Waals surface area contributed by atoms with Crippen LogP contribution in [0, 0.1) is 12.3 Å². The van der Waals surface area contributed by atoms with Gasteiger partial charge in [-0.05, 0) is 0 Å². The lowest BCUT2D eigenvalue weighted by Crippen LogP contribution is -2.42. The Morgan fingerprint density at radius 3 is 2.17 bits per heavy atom. The zero-order valence-corrected chi connectivity index (χ0v) is 10.3. The van der Waals surface area contributed by atoms with Crippen LogP contribution < -0.4 is 0 Å². The first-order chi connectivity index (χ1) is 8.54. The largest absolute Gasteiger partial charge is 0.480 e. The molecule has 0 unspecified atom stereocenters. The average molecular weight is 250 g/mol. The van der Waals surface area contributed by atoms with Crippen LogP contribution in [0.1, 0.15) is 0 Å². The summed E-state index contributed by atoms with van der Waals surface area (Å²) >= 11 is 0. The molecule has 0 aromatic rings. The molecule has 0 aromatic carbocycles. The molecule has 0 spiro atoms. The van der Waals surface area contributed by atoms with E-state index in [0.717, 1.165) is 0 Å². The van der Waals surface area contributed by atoms with E-state index in [9.17, 15) is 9.59 Å². The minimum atomic E-state index is -1.02. The van der Waals surface area contributed by atoms with Crippen molar-refractivity contribution in [2.24, 2.45) is 0 Å². The fourth-order valence-electron chi connectivity index (χ4n) is 1.37. The summed E-state index contributed by atoms with van der Waals surface area (Å²) < 4.78 is 0. The molecule has 1 amide bonds. The zero-order valence-electron chi connectivity index (χ0n) is 10.3. The van der Waals surface area contributed by atoms with E-state index in [1.165, 1.54) is 9.80 Å². The van der Waals surface area contributed by atoms with Gasteiger partial charge in [-0.25, -0.2) is 0 Å². The Hall–Kier alpha value is -2.06. The topological polar surface area (TPSA) is 60.9 Å². The van der Waals surface area contributed by atoms with Crippen molar-refractivity contribution in [3.63, 3.8) is 0 Å². The number of terminal acetylenes is 1. The highest BCUT2D eigenvalue weighted by Crippen LogP contribution is 1.96. The van der Waals surface area contributed by atoms with E-state index < -0.39 is 5.97 Å². The molecule has 0 heterocycles. The van der Waals surface area contributed by atoms with Crippen LogP contribution in [-0.4, -0.2) is 59.5 Å². The van der Waals surface area contributed by atoms with Crippen LogP contribution in [0.4, 0.5) is 0 Å². The summed E-state index contributed by atoms with van der Waals surface area (Å²) in [6.07, 6.45) is 8.34. The Bertz CT molecular complexity index is 348. The molecule has 5 heteroatoms. The number of rotatable bonds is 9. The minimum Gasteiger partial charge on any atom is -0.480 e. The molecule has 5 nitrogen and oxygen atoms in total. The Balaban J connectivity index is 4.53. The van der Waals surface area contributed by atoms with Gasteiger partial charge in [0.15, 0.2) is 0 Å². The first kappa shape index (κ1) is 15.9. The first-order valence-electron chi connectivity index (χ1n) is 5.42. The lowest BCUT2D eigenvalue weighted by atomic mass is 10.3. The molecule has 0 saturated heterocycles. The molecule has 0 radical (unpaired) electrons. The molecule has 0 fully saturated rings. The van der Waals surface area contributed by atoms with E-state index in [0.29, 0.717) is 13.1 Å². The van der Waals surface area contributed by atoms with Crippen LogP contribution in [0.5, 0.6) is 0 Å². The van der Waals surface area contributed by atoms with Gasteiger partial charge in [0.2, 0.25) is 5.91 Å². The zero-order chi connectivity index (χ0) is 14.0. The van der Waals surface area contributed by atoms with Crippen molar-refractivity contribution in [3.05, 3.63) is 25.3 Å². The molecule has 98 valence electrons. The van der Waals surface area contributed by atoms with Crippen molar-refractivity contribution < 1.29 is 14.7 Å². The van der Waals surface area contributed by atoms with Gasteiger partial charge in [0.25, 0.3) is 0 Å². The summed E-state index contributed by atoms with van der Waals surface area (Å²) in [5.74, 6) is 1.11. The van der Waals surface area contributed by atoms with Crippen molar-refractivity contribution in [2.75, 3.05) is 32.7 Å². The molecule has 0 saturated carbocycles. The molecule has 0 aliphatic carbocycles. The van der Waals surface area contributed by atoms with Gasteiger partial charge in [0, 0.05) is 13.1 Å². The van der Waals surface area contributed by atoms with E-state index in [1.54, 1.807) is 12.2 Å². The lowest BCUT2D eigenvalue weighted by molar-refractivity contribution is -0.139. The Kier molecular flexibility index (Phi) is 7.99. The normalized spacial score (nSPS) is 9.56. The third kappa shape index (κ3) is 6.51. The second-order valence-electron chi connectivity index (χ2n) is 3.62. The number of carboxylic acids is 1. The van der Waals surface area contributed by atoms with Crippen LogP contribution in [0.25, 0.3) is 0 Å². The highest BCUT2D eigenvalue weighted by atomic mass is 16.4. The van der Waals surface area contributed by atoms with Gasteiger partial charge in [-0.3, -0.25) is 14.5 Å².